The normalized spacial score (nSPS) is 18.0. The Kier molecular flexibility index (Phi) is 4.39. The molecule has 1 aliphatic rings. The number of benzene rings is 2. The minimum atomic E-state index is 0.197. The average molecular weight is 286 g/mol. The molecule has 2 aromatic carbocycles. The predicted octanol–water partition coefficient (Wildman–Crippen LogP) is 1.87. The number of hydrogen-bond donors (Lipinski definition) is 3. The molecule has 1 fully saturated rings. The Balaban J connectivity index is 1.92. The van der Waals surface area contributed by atoms with Gasteiger partial charge in [-0.3, -0.25) is 4.90 Å². The molecule has 0 radical (unpaired) electrons. The van der Waals surface area contributed by atoms with E-state index in [2.05, 4.69) is 28.4 Å². The Labute approximate surface area is 125 Å². The van der Waals surface area contributed by atoms with Crippen LogP contribution < -0.4 is 5.32 Å². The molecule has 4 heteroatoms. The van der Waals surface area contributed by atoms with Crippen molar-refractivity contribution in [2.75, 3.05) is 32.8 Å². The lowest BCUT2D eigenvalue weighted by molar-refractivity contribution is 0.141. The highest BCUT2D eigenvalue weighted by Gasteiger charge is 2.21. The number of phenolic OH excluding ortho intramolecular Hbond substituents is 1. The standard InChI is InChI=1S/C17H22N2O2/c20-10-5-17(19-8-6-18-7-9-19)15-2-1-14-12-16(21)4-3-13(14)11-15/h1-4,11-12,17-18,20-21H,5-10H2/t17-/m0/s1. The molecule has 1 aliphatic heterocycles. The van der Waals surface area contributed by atoms with Crippen LogP contribution >= 0.6 is 0 Å². The molecular weight excluding hydrogens is 264 g/mol. The molecular formula is C17H22N2O2. The number of hydrogen-bond acceptors (Lipinski definition) is 4. The Bertz CT molecular complexity index is 609. The monoisotopic (exact) mass is 286 g/mol. The van der Waals surface area contributed by atoms with Crippen LogP contribution in [0.2, 0.25) is 0 Å². The topological polar surface area (TPSA) is 55.7 Å². The molecule has 4 nitrogen and oxygen atoms in total. The molecule has 0 amide bonds. The lowest BCUT2D eigenvalue weighted by Crippen LogP contribution is -2.45. The summed E-state index contributed by atoms with van der Waals surface area (Å²) in [7, 11) is 0. The summed E-state index contributed by atoms with van der Waals surface area (Å²) in [6.45, 7) is 4.23. The van der Waals surface area contributed by atoms with Gasteiger partial charge in [-0.25, -0.2) is 0 Å². The molecule has 3 rings (SSSR count). The van der Waals surface area contributed by atoms with Crippen molar-refractivity contribution in [1.82, 2.24) is 10.2 Å². The van der Waals surface area contributed by atoms with Gasteiger partial charge in [-0.2, -0.15) is 0 Å². The van der Waals surface area contributed by atoms with Crippen molar-refractivity contribution in [1.29, 1.82) is 0 Å². The van der Waals surface area contributed by atoms with Crippen LogP contribution in [0.4, 0.5) is 0 Å². The van der Waals surface area contributed by atoms with Crippen molar-refractivity contribution < 1.29 is 10.2 Å². The molecule has 0 bridgehead atoms. The van der Waals surface area contributed by atoms with Gasteiger partial charge in [0.25, 0.3) is 0 Å². The number of aromatic hydroxyl groups is 1. The van der Waals surface area contributed by atoms with Crippen molar-refractivity contribution in [3.8, 4) is 5.75 Å². The third-order valence-electron chi connectivity index (χ3n) is 4.23. The fourth-order valence-corrected chi connectivity index (χ4v) is 3.14. The van der Waals surface area contributed by atoms with Crippen LogP contribution in [0.1, 0.15) is 18.0 Å². The zero-order valence-electron chi connectivity index (χ0n) is 12.1. The zero-order chi connectivity index (χ0) is 14.7. The molecule has 21 heavy (non-hydrogen) atoms. The molecule has 2 aromatic rings. The van der Waals surface area contributed by atoms with Crippen LogP contribution in [0.25, 0.3) is 10.8 Å². The highest BCUT2D eigenvalue weighted by atomic mass is 16.3. The van der Waals surface area contributed by atoms with Crippen LogP contribution in [-0.4, -0.2) is 47.9 Å². The molecule has 0 spiro atoms. The Morgan fingerprint density at radius 2 is 1.76 bits per heavy atom. The maximum Gasteiger partial charge on any atom is 0.116 e. The second kappa shape index (κ2) is 6.43. The van der Waals surface area contributed by atoms with E-state index in [1.54, 1.807) is 12.1 Å². The molecule has 112 valence electrons. The van der Waals surface area contributed by atoms with Crippen molar-refractivity contribution in [2.45, 2.75) is 12.5 Å². The smallest absolute Gasteiger partial charge is 0.116 e. The van der Waals surface area contributed by atoms with Crippen molar-refractivity contribution in [3.05, 3.63) is 42.0 Å². The number of nitrogens with one attached hydrogen (secondary N) is 1. The minimum absolute atomic E-state index is 0.197. The van der Waals surface area contributed by atoms with Crippen LogP contribution in [0.15, 0.2) is 36.4 Å². The van der Waals surface area contributed by atoms with Crippen molar-refractivity contribution in [2.24, 2.45) is 0 Å². The van der Waals surface area contributed by atoms with Gasteiger partial charge < -0.3 is 15.5 Å². The Morgan fingerprint density at radius 3 is 2.52 bits per heavy atom. The number of rotatable bonds is 4. The number of nitrogens with zero attached hydrogens (tertiary/aromatic N) is 1. The van der Waals surface area contributed by atoms with Gasteiger partial charge >= 0.3 is 0 Å². The summed E-state index contributed by atoms with van der Waals surface area (Å²) in [6.07, 6.45) is 0.754. The van der Waals surface area contributed by atoms with E-state index in [4.69, 9.17) is 0 Å². The first kappa shape index (κ1) is 14.3. The quantitative estimate of drug-likeness (QED) is 0.803. The molecule has 3 N–H and O–H groups in total. The van der Waals surface area contributed by atoms with E-state index >= 15 is 0 Å². The summed E-state index contributed by atoms with van der Waals surface area (Å²) in [4.78, 5) is 2.44. The average Bonchev–Trinajstić information content (AvgIpc) is 2.53. The summed E-state index contributed by atoms with van der Waals surface area (Å²) in [5.41, 5.74) is 1.24. The fourth-order valence-electron chi connectivity index (χ4n) is 3.14. The number of piperazine rings is 1. The van der Waals surface area contributed by atoms with Gasteiger partial charge in [0.05, 0.1) is 0 Å². The van der Waals surface area contributed by atoms with Crippen molar-refractivity contribution in [3.63, 3.8) is 0 Å². The third kappa shape index (κ3) is 3.18. The summed E-state index contributed by atoms with van der Waals surface area (Å²) >= 11 is 0. The number of aliphatic hydroxyl groups excluding tert-OH is 1. The second-order valence-electron chi connectivity index (χ2n) is 5.60. The lowest BCUT2D eigenvalue weighted by atomic mass is 9.98. The lowest BCUT2D eigenvalue weighted by Gasteiger charge is -2.35. The van der Waals surface area contributed by atoms with E-state index in [1.165, 1.54) is 5.56 Å². The zero-order valence-corrected chi connectivity index (χ0v) is 12.1. The van der Waals surface area contributed by atoms with E-state index in [1.807, 2.05) is 6.07 Å². The summed E-state index contributed by atoms with van der Waals surface area (Å²) < 4.78 is 0. The van der Waals surface area contributed by atoms with Gasteiger partial charge in [-0.1, -0.05) is 18.2 Å². The summed E-state index contributed by atoms with van der Waals surface area (Å²) in [5.74, 6) is 0.296. The molecule has 0 aliphatic carbocycles. The second-order valence-corrected chi connectivity index (χ2v) is 5.60. The molecule has 1 saturated heterocycles. The van der Waals surface area contributed by atoms with Gasteiger partial charge in [-0.05, 0) is 41.0 Å². The molecule has 0 unspecified atom stereocenters. The first-order chi connectivity index (χ1) is 10.3. The maximum atomic E-state index is 9.55. The van der Waals surface area contributed by atoms with Gasteiger partial charge in [0, 0.05) is 38.8 Å². The van der Waals surface area contributed by atoms with Crippen molar-refractivity contribution >= 4 is 10.8 Å². The first-order valence-electron chi connectivity index (χ1n) is 7.56. The first-order valence-corrected chi connectivity index (χ1v) is 7.56. The van der Waals surface area contributed by atoms with Crippen LogP contribution in [0, 0.1) is 0 Å². The summed E-state index contributed by atoms with van der Waals surface area (Å²) in [5, 5.41) is 24.5. The number of phenols is 1. The highest BCUT2D eigenvalue weighted by Crippen LogP contribution is 2.28. The third-order valence-corrected chi connectivity index (χ3v) is 4.23. The van der Waals surface area contributed by atoms with E-state index < -0.39 is 0 Å². The highest BCUT2D eigenvalue weighted by molar-refractivity contribution is 5.84. The van der Waals surface area contributed by atoms with Gasteiger partial charge in [0.15, 0.2) is 0 Å². The maximum absolute atomic E-state index is 9.55. The molecule has 0 saturated carbocycles. The van der Waals surface area contributed by atoms with E-state index in [-0.39, 0.29) is 12.6 Å². The fraction of sp³-hybridized carbons (Fsp3) is 0.412. The van der Waals surface area contributed by atoms with E-state index in [9.17, 15) is 10.2 Å². The SMILES string of the molecule is OCC[C@@H](c1ccc2cc(O)ccc2c1)N1CCNCC1. The summed E-state index contributed by atoms with van der Waals surface area (Å²) in [6, 6.07) is 12.1. The largest absolute Gasteiger partial charge is 0.508 e. The van der Waals surface area contributed by atoms with E-state index in [0.717, 1.165) is 43.4 Å². The van der Waals surface area contributed by atoms with Crippen LogP contribution in [0.3, 0.4) is 0 Å². The molecule has 1 heterocycles. The number of aliphatic hydroxyl groups is 1. The van der Waals surface area contributed by atoms with Gasteiger partial charge in [0.2, 0.25) is 0 Å². The van der Waals surface area contributed by atoms with Crippen LogP contribution in [-0.2, 0) is 0 Å². The van der Waals surface area contributed by atoms with Crippen LogP contribution in [0.5, 0.6) is 5.75 Å². The predicted molar refractivity (Wildman–Crippen MR) is 84.5 cm³/mol. The number of fused-ring (bicyclic) bond motifs is 1. The van der Waals surface area contributed by atoms with E-state index in [0.29, 0.717) is 5.75 Å². The van der Waals surface area contributed by atoms with Gasteiger partial charge in [-0.15, -0.1) is 0 Å². The van der Waals surface area contributed by atoms with Gasteiger partial charge in [0.1, 0.15) is 5.75 Å². The molecule has 0 aromatic heterocycles. The Hall–Kier alpha value is -1.62. The minimum Gasteiger partial charge on any atom is -0.508 e. The Morgan fingerprint density at radius 1 is 1.05 bits per heavy atom. The molecule has 1 atom stereocenters.